The Labute approximate surface area is 140 Å². The molecule has 3 rings (SSSR count). The average Bonchev–Trinajstić information content (AvgIpc) is 2.96. The van der Waals surface area contributed by atoms with Gasteiger partial charge < -0.3 is 4.74 Å². The summed E-state index contributed by atoms with van der Waals surface area (Å²) < 4.78 is 9.06. The first-order chi connectivity index (χ1) is 11.6. The van der Waals surface area contributed by atoms with Gasteiger partial charge >= 0.3 is 5.69 Å². The maximum absolute atomic E-state index is 12.3. The molecule has 0 N–H and O–H groups in total. The Hall–Kier alpha value is -2.89. The summed E-state index contributed by atoms with van der Waals surface area (Å²) in [6.45, 7) is 6.23. The lowest BCUT2D eigenvalue weighted by molar-refractivity contribution is 0.299. The summed E-state index contributed by atoms with van der Waals surface area (Å²) in [7, 11) is 0. The van der Waals surface area contributed by atoms with Gasteiger partial charge in [-0.1, -0.05) is 0 Å². The Bertz CT molecular complexity index is 879. The zero-order valence-electron chi connectivity index (χ0n) is 14.0. The second kappa shape index (κ2) is 6.70. The molecule has 1 aromatic carbocycles. The summed E-state index contributed by atoms with van der Waals surface area (Å²) in [5, 5.41) is 0. The highest BCUT2D eigenvalue weighted by molar-refractivity contribution is 5.37. The molecule has 0 saturated carbocycles. The summed E-state index contributed by atoms with van der Waals surface area (Å²) in [6.07, 6.45) is 6.89. The zero-order valence-corrected chi connectivity index (χ0v) is 14.0. The van der Waals surface area contributed by atoms with E-state index in [9.17, 15) is 4.79 Å². The van der Waals surface area contributed by atoms with E-state index in [2.05, 4.69) is 9.97 Å². The van der Waals surface area contributed by atoms with Crippen molar-refractivity contribution >= 4 is 0 Å². The summed E-state index contributed by atoms with van der Waals surface area (Å²) >= 11 is 0. The predicted molar refractivity (Wildman–Crippen MR) is 91.5 cm³/mol. The van der Waals surface area contributed by atoms with Crippen LogP contribution in [0.25, 0.3) is 5.69 Å². The van der Waals surface area contributed by atoms with E-state index in [1.54, 1.807) is 33.9 Å². The van der Waals surface area contributed by atoms with Crippen molar-refractivity contribution in [2.45, 2.75) is 33.4 Å². The van der Waals surface area contributed by atoms with Crippen molar-refractivity contribution in [3.8, 4) is 11.4 Å². The van der Waals surface area contributed by atoms with Crippen LogP contribution in [-0.2, 0) is 6.61 Å². The van der Waals surface area contributed by atoms with Gasteiger partial charge in [0.15, 0.2) is 0 Å². The number of nitrogens with zero attached hydrogens (tertiary/aromatic N) is 4. The number of rotatable bonds is 5. The van der Waals surface area contributed by atoms with Crippen molar-refractivity contribution in [2.75, 3.05) is 0 Å². The zero-order chi connectivity index (χ0) is 17.1. The number of hydrogen-bond acceptors (Lipinski definition) is 4. The lowest BCUT2D eigenvalue weighted by Crippen LogP contribution is -2.24. The maximum atomic E-state index is 12.3. The molecule has 0 aliphatic heterocycles. The molecular weight excluding hydrogens is 304 g/mol. The SMILES string of the molecule is Cc1nccnc1COc1ccc(-n2ccn(C(C)C)c2=O)cc1. The van der Waals surface area contributed by atoms with Gasteiger partial charge in [-0.2, -0.15) is 0 Å². The number of ether oxygens (including phenoxy) is 1. The molecule has 0 radical (unpaired) electrons. The van der Waals surface area contributed by atoms with Crippen molar-refractivity contribution in [3.05, 3.63) is 70.9 Å². The third kappa shape index (κ3) is 3.22. The Morgan fingerprint density at radius 3 is 2.42 bits per heavy atom. The van der Waals surface area contributed by atoms with Crippen molar-refractivity contribution in [1.29, 1.82) is 0 Å². The number of imidazole rings is 1. The van der Waals surface area contributed by atoms with E-state index in [-0.39, 0.29) is 11.7 Å². The molecule has 0 amide bonds. The lowest BCUT2D eigenvalue weighted by Gasteiger charge is -2.08. The molecule has 0 unspecified atom stereocenters. The molecule has 6 nitrogen and oxygen atoms in total. The minimum Gasteiger partial charge on any atom is -0.487 e. The fourth-order valence-corrected chi connectivity index (χ4v) is 2.41. The van der Waals surface area contributed by atoms with Crippen LogP contribution < -0.4 is 10.4 Å². The van der Waals surface area contributed by atoms with E-state index < -0.39 is 0 Å². The normalized spacial score (nSPS) is 11.0. The van der Waals surface area contributed by atoms with Gasteiger partial charge in [0.05, 0.1) is 17.1 Å². The van der Waals surface area contributed by atoms with E-state index in [0.717, 1.165) is 22.8 Å². The molecule has 124 valence electrons. The first kappa shape index (κ1) is 16.0. The fourth-order valence-electron chi connectivity index (χ4n) is 2.41. The van der Waals surface area contributed by atoms with Crippen LogP contribution >= 0.6 is 0 Å². The van der Waals surface area contributed by atoms with Crippen molar-refractivity contribution in [1.82, 2.24) is 19.1 Å². The van der Waals surface area contributed by atoms with E-state index in [4.69, 9.17) is 4.74 Å². The first-order valence-electron chi connectivity index (χ1n) is 7.85. The smallest absolute Gasteiger partial charge is 0.332 e. The maximum Gasteiger partial charge on any atom is 0.332 e. The van der Waals surface area contributed by atoms with Crippen LogP contribution in [0.4, 0.5) is 0 Å². The van der Waals surface area contributed by atoms with Crippen molar-refractivity contribution < 1.29 is 4.74 Å². The molecule has 3 aromatic rings. The second-order valence-corrected chi connectivity index (χ2v) is 5.82. The Morgan fingerprint density at radius 2 is 1.79 bits per heavy atom. The van der Waals surface area contributed by atoms with Gasteiger partial charge in [-0.3, -0.25) is 19.1 Å². The van der Waals surface area contributed by atoms with Crippen LogP contribution in [0.1, 0.15) is 31.3 Å². The van der Waals surface area contributed by atoms with Crippen molar-refractivity contribution in [2.24, 2.45) is 0 Å². The molecule has 24 heavy (non-hydrogen) atoms. The van der Waals surface area contributed by atoms with E-state index in [0.29, 0.717) is 6.61 Å². The molecule has 0 spiro atoms. The highest BCUT2D eigenvalue weighted by Gasteiger charge is 2.08. The second-order valence-electron chi connectivity index (χ2n) is 5.82. The van der Waals surface area contributed by atoms with Crippen LogP contribution in [0, 0.1) is 6.92 Å². The summed E-state index contributed by atoms with van der Waals surface area (Å²) in [6, 6.07) is 7.56. The molecule has 0 saturated heterocycles. The number of aromatic nitrogens is 4. The molecule has 0 bridgehead atoms. The molecule has 0 aliphatic carbocycles. The Morgan fingerprint density at radius 1 is 1.08 bits per heavy atom. The standard InChI is InChI=1S/C18H20N4O2/c1-13(2)21-10-11-22(18(21)23)15-4-6-16(7-5-15)24-12-17-14(3)19-8-9-20-17/h4-11,13H,12H2,1-3H3. The van der Waals surface area contributed by atoms with Gasteiger partial charge in [0, 0.05) is 30.8 Å². The number of aryl methyl sites for hydroxylation is 1. The van der Waals surface area contributed by atoms with Gasteiger partial charge in [0.2, 0.25) is 0 Å². The summed E-state index contributed by atoms with van der Waals surface area (Å²) in [5.74, 6) is 0.722. The summed E-state index contributed by atoms with van der Waals surface area (Å²) in [4.78, 5) is 20.8. The third-order valence-electron chi connectivity index (χ3n) is 3.83. The largest absolute Gasteiger partial charge is 0.487 e. The quantitative estimate of drug-likeness (QED) is 0.724. The van der Waals surface area contributed by atoms with Crippen LogP contribution in [-0.4, -0.2) is 19.1 Å². The van der Waals surface area contributed by atoms with Crippen LogP contribution in [0.2, 0.25) is 0 Å². The summed E-state index contributed by atoms with van der Waals surface area (Å²) in [5.41, 5.74) is 2.43. The van der Waals surface area contributed by atoms with Gasteiger partial charge in [-0.15, -0.1) is 0 Å². The monoisotopic (exact) mass is 324 g/mol. The van der Waals surface area contributed by atoms with Crippen LogP contribution in [0.15, 0.2) is 53.8 Å². The Balaban J connectivity index is 1.74. The van der Waals surface area contributed by atoms with E-state index in [1.807, 2.05) is 45.0 Å². The average molecular weight is 324 g/mol. The van der Waals surface area contributed by atoms with Crippen LogP contribution in [0.5, 0.6) is 5.75 Å². The molecule has 2 heterocycles. The minimum absolute atomic E-state index is 0.0474. The molecule has 6 heteroatoms. The van der Waals surface area contributed by atoms with Gasteiger partial charge in [-0.25, -0.2) is 4.79 Å². The highest BCUT2D eigenvalue weighted by Crippen LogP contribution is 2.16. The molecular formula is C18H20N4O2. The first-order valence-corrected chi connectivity index (χ1v) is 7.85. The highest BCUT2D eigenvalue weighted by atomic mass is 16.5. The molecule has 0 atom stereocenters. The van der Waals surface area contributed by atoms with E-state index >= 15 is 0 Å². The number of benzene rings is 1. The lowest BCUT2D eigenvalue weighted by atomic mass is 10.3. The third-order valence-corrected chi connectivity index (χ3v) is 3.83. The van der Waals surface area contributed by atoms with Crippen molar-refractivity contribution in [3.63, 3.8) is 0 Å². The van der Waals surface area contributed by atoms with Crippen LogP contribution in [0.3, 0.4) is 0 Å². The topological polar surface area (TPSA) is 61.9 Å². The molecule has 0 aliphatic rings. The van der Waals surface area contributed by atoms with Gasteiger partial charge in [0.25, 0.3) is 0 Å². The molecule has 2 aromatic heterocycles. The fraction of sp³-hybridized carbons (Fsp3) is 0.278. The molecule has 0 fully saturated rings. The van der Waals surface area contributed by atoms with E-state index in [1.165, 1.54) is 0 Å². The number of hydrogen-bond donors (Lipinski definition) is 0. The van der Waals surface area contributed by atoms with Gasteiger partial charge in [0.1, 0.15) is 12.4 Å². The Kier molecular flexibility index (Phi) is 4.46. The van der Waals surface area contributed by atoms with Gasteiger partial charge in [-0.05, 0) is 45.0 Å². The predicted octanol–water partition coefficient (Wildman–Crippen LogP) is 2.90. The minimum atomic E-state index is -0.0474.